The van der Waals surface area contributed by atoms with Gasteiger partial charge in [-0.05, 0) is 49.8 Å². The van der Waals surface area contributed by atoms with Gasteiger partial charge in [0.15, 0.2) is 0 Å². The molecule has 6 heteroatoms. The van der Waals surface area contributed by atoms with Gasteiger partial charge in [-0.15, -0.1) is 0 Å². The molecule has 0 aromatic heterocycles. The molecule has 180 valence electrons. The van der Waals surface area contributed by atoms with E-state index in [9.17, 15) is 14.4 Å². The maximum atomic E-state index is 13.2. The van der Waals surface area contributed by atoms with Crippen LogP contribution in [0, 0.1) is 12.8 Å². The summed E-state index contributed by atoms with van der Waals surface area (Å²) in [5.74, 6) is -0.216. The van der Waals surface area contributed by atoms with Crippen molar-refractivity contribution in [3.05, 3.63) is 71.3 Å². The number of nitrogens with zero attached hydrogens (tertiary/aromatic N) is 1. The van der Waals surface area contributed by atoms with Gasteiger partial charge < -0.3 is 15.5 Å². The van der Waals surface area contributed by atoms with E-state index in [-0.39, 0.29) is 35.7 Å². The molecule has 4 rings (SSSR count). The largest absolute Gasteiger partial charge is 0.351 e. The molecule has 6 nitrogen and oxygen atoms in total. The number of aryl methyl sites for hydroxylation is 1. The van der Waals surface area contributed by atoms with Gasteiger partial charge in [0.1, 0.15) is 0 Å². The lowest BCUT2D eigenvalue weighted by atomic mass is 9.88. The third-order valence-electron chi connectivity index (χ3n) is 7.14. The monoisotopic (exact) mass is 461 g/mol. The average Bonchev–Trinajstić information content (AvgIpc) is 2.86. The minimum atomic E-state index is -0.205. The zero-order chi connectivity index (χ0) is 23.9. The van der Waals surface area contributed by atoms with Crippen molar-refractivity contribution in [3.8, 4) is 0 Å². The van der Waals surface area contributed by atoms with Crippen molar-refractivity contribution in [3.63, 3.8) is 0 Å². The van der Waals surface area contributed by atoms with Gasteiger partial charge in [0.2, 0.25) is 11.8 Å². The topological polar surface area (TPSA) is 78.5 Å². The molecule has 2 aliphatic rings. The summed E-state index contributed by atoms with van der Waals surface area (Å²) in [6.45, 7) is 3.10. The fourth-order valence-corrected chi connectivity index (χ4v) is 5.15. The summed E-state index contributed by atoms with van der Waals surface area (Å²) in [5.41, 5.74) is 2.62. The standard InChI is InChI=1S/C28H35N3O3/c1-20-10-5-6-14-23(20)28(34)30-25-16-8-7-15-24(25)29-27(33)22-13-9-17-31(19-22)26(32)18-21-11-3-2-4-12-21/h2-6,10-12,14,22,24-25H,7-9,13,15-19H2,1H3,(H,29,33)(H,30,34)/t22-,24-,25-/m1/s1. The van der Waals surface area contributed by atoms with Crippen LogP contribution in [0.4, 0.5) is 0 Å². The van der Waals surface area contributed by atoms with E-state index in [0.717, 1.165) is 49.7 Å². The molecule has 0 unspecified atom stereocenters. The average molecular weight is 462 g/mol. The van der Waals surface area contributed by atoms with E-state index in [4.69, 9.17) is 0 Å². The molecule has 0 spiro atoms. The molecule has 0 radical (unpaired) electrons. The lowest BCUT2D eigenvalue weighted by molar-refractivity contribution is -0.135. The van der Waals surface area contributed by atoms with Gasteiger partial charge >= 0.3 is 0 Å². The van der Waals surface area contributed by atoms with Crippen LogP contribution in [-0.4, -0.2) is 47.8 Å². The summed E-state index contributed by atoms with van der Waals surface area (Å²) < 4.78 is 0. The lowest BCUT2D eigenvalue weighted by Gasteiger charge is -2.36. The van der Waals surface area contributed by atoms with Gasteiger partial charge in [0, 0.05) is 30.7 Å². The zero-order valence-corrected chi connectivity index (χ0v) is 20.0. The summed E-state index contributed by atoms with van der Waals surface area (Å²) in [6.07, 6.45) is 5.77. The van der Waals surface area contributed by atoms with E-state index in [1.807, 2.05) is 66.4 Å². The van der Waals surface area contributed by atoms with Crippen LogP contribution in [0.25, 0.3) is 0 Å². The van der Waals surface area contributed by atoms with E-state index >= 15 is 0 Å². The zero-order valence-electron chi connectivity index (χ0n) is 20.0. The summed E-state index contributed by atoms with van der Waals surface area (Å²) in [4.78, 5) is 40.7. The number of amides is 3. The van der Waals surface area contributed by atoms with Crippen molar-refractivity contribution in [1.82, 2.24) is 15.5 Å². The Bertz CT molecular complexity index is 1010. The molecule has 2 N–H and O–H groups in total. The minimum Gasteiger partial charge on any atom is -0.351 e. The van der Waals surface area contributed by atoms with Crippen LogP contribution in [0.5, 0.6) is 0 Å². The van der Waals surface area contributed by atoms with Crippen molar-refractivity contribution in [1.29, 1.82) is 0 Å². The Kier molecular flexibility index (Phi) is 7.99. The number of carbonyl (C=O) groups excluding carboxylic acids is 3. The molecular weight excluding hydrogens is 426 g/mol. The summed E-state index contributed by atoms with van der Waals surface area (Å²) in [7, 11) is 0. The summed E-state index contributed by atoms with van der Waals surface area (Å²) in [5, 5.41) is 6.40. The highest BCUT2D eigenvalue weighted by Gasteiger charge is 2.33. The smallest absolute Gasteiger partial charge is 0.251 e. The van der Waals surface area contributed by atoms with Crippen LogP contribution in [0.2, 0.25) is 0 Å². The van der Waals surface area contributed by atoms with Gasteiger partial charge in [0.05, 0.1) is 12.3 Å². The number of hydrogen-bond donors (Lipinski definition) is 2. The van der Waals surface area contributed by atoms with Crippen LogP contribution < -0.4 is 10.6 Å². The fourth-order valence-electron chi connectivity index (χ4n) is 5.15. The van der Waals surface area contributed by atoms with Crippen molar-refractivity contribution in [2.24, 2.45) is 5.92 Å². The molecule has 3 atom stereocenters. The first-order valence-corrected chi connectivity index (χ1v) is 12.5. The predicted molar refractivity (Wildman–Crippen MR) is 132 cm³/mol. The van der Waals surface area contributed by atoms with Crippen LogP contribution in [0.15, 0.2) is 54.6 Å². The molecule has 2 aromatic rings. The van der Waals surface area contributed by atoms with Crippen molar-refractivity contribution < 1.29 is 14.4 Å². The normalized spacial score (nSPS) is 22.6. The number of nitrogens with one attached hydrogen (secondary N) is 2. The van der Waals surface area contributed by atoms with Crippen LogP contribution >= 0.6 is 0 Å². The molecule has 1 heterocycles. The third kappa shape index (κ3) is 6.04. The second-order valence-electron chi connectivity index (χ2n) is 9.64. The first-order chi connectivity index (χ1) is 16.5. The Morgan fingerprint density at radius 2 is 1.53 bits per heavy atom. The number of rotatable bonds is 6. The predicted octanol–water partition coefficient (Wildman–Crippen LogP) is 3.63. The third-order valence-corrected chi connectivity index (χ3v) is 7.14. The van der Waals surface area contributed by atoms with Gasteiger partial charge in [0.25, 0.3) is 5.91 Å². The molecule has 2 aromatic carbocycles. The van der Waals surface area contributed by atoms with Crippen molar-refractivity contribution >= 4 is 17.7 Å². The van der Waals surface area contributed by atoms with E-state index in [2.05, 4.69) is 10.6 Å². The highest BCUT2D eigenvalue weighted by Crippen LogP contribution is 2.22. The number of hydrogen-bond acceptors (Lipinski definition) is 3. The molecule has 2 fully saturated rings. The quantitative estimate of drug-likeness (QED) is 0.690. The van der Waals surface area contributed by atoms with Crippen LogP contribution in [-0.2, 0) is 16.0 Å². The molecule has 34 heavy (non-hydrogen) atoms. The molecule has 1 aliphatic carbocycles. The molecule has 3 amide bonds. The van der Waals surface area contributed by atoms with Gasteiger partial charge in [-0.1, -0.05) is 61.4 Å². The van der Waals surface area contributed by atoms with E-state index in [0.29, 0.717) is 25.1 Å². The first kappa shape index (κ1) is 24.0. The Morgan fingerprint density at radius 1 is 0.853 bits per heavy atom. The number of piperidine rings is 1. The highest BCUT2D eigenvalue weighted by molar-refractivity contribution is 5.95. The van der Waals surface area contributed by atoms with Crippen molar-refractivity contribution in [2.45, 2.75) is 64.0 Å². The molecule has 1 aliphatic heterocycles. The maximum absolute atomic E-state index is 13.2. The Balaban J connectivity index is 1.34. The molecule has 1 saturated heterocycles. The van der Waals surface area contributed by atoms with Crippen LogP contribution in [0.3, 0.4) is 0 Å². The second-order valence-corrected chi connectivity index (χ2v) is 9.64. The Morgan fingerprint density at radius 3 is 2.26 bits per heavy atom. The first-order valence-electron chi connectivity index (χ1n) is 12.5. The Labute approximate surface area is 202 Å². The van der Waals surface area contributed by atoms with E-state index in [1.54, 1.807) is 0 Å². The molecular formula is C28H35N3O3. The van der Waals surface area contributed by atoms with Gasteiger partial charge in [-0.3, -0.25) is 14.4 Å². The number of benzene rings is 2. The summed E-state index contributed by atoms with van der Waals surface area (Å²) in [6, 6.07) is 17.1. The fraction of sp³-hybridized carbons (Fsp3) is 0.464. The highest BCUT2D eigenvalue weighted by atomic mass is 16.2. The van der Waals surface area contributed by atoms with E-state index < -0.39 is 0 Å². The van der Waals surface area contributed by atoms with Gasteiger partial charge in [-0.25, -0.2) is 0 Å². The SMILES string of the molecule is Cc1ccccc1C(=O)N[C@@H]1CCCC[C@H]1NC(=O)[C@@H]1CCCN(C(=O)Cc2ccccc2)C1. The number of carbonyl (C=O) groups is 3. The Hall–Kier alpha value is -3.15. The minimum absolute atomic E-state index is 0.000693. The lowest BCUT2D eigenvalue weighted by Crippen LogP contribution is -2.55. The molecule has 0 bridgehead atoms. The second kappa shape index (κ2) is 11.3. The summed E-state index contributed by atoms with van der Waals surface area (Å²) >= 11 is 0. The van der Waals surface area contributed by atoms with Crippen molar-refractivity contribution in [2.75, 3.05) is 13.1 Å². The van der Waals surface area contributed by atoms with Crippen LogP contribution in [0.1, 0.15) is 60.0 Å². The van der Waals surface area contributed by atoms with Gasteiger partial charge in [-0.2, -0.15) is 0 Å². The maximum Gasteiger partial charge on any atom is 0.251 e. The number of likely N-dealkylation sites (tertiary alicyclic amines) is 1. The molecule has 1 saturated carbocycles. The van der Waals surface area contributed by atoms with E-state index in [1.165, 1.54) is 0 Å².